The Bertz CT molecular complexity index is 2810. The standard InChI is InChI=1S/C29H30Cl2N4O2.C24H23Cl2N3O.CH4/c30-24-14-21(19-4-6-20(7-5-19)27(36)34-11-2-1-3-12-34)15-25(31)23(24)18-35-13-10-29(28(35)37)9-8-26-22(16-29)17-32-33-26;1-15-2-4-16(5-3-15)17-10-20(25)19(21(26)11-17)14-29-9-8-24(23(29)30)7-6-22-18(12-24)13-27-28-22;/h4-7,14-15,17H,1-3,8-13,16,18H2,(H,32,33);2-5,10-11,13H,6-9,12,14H2,1H3,(H,27,28);1H4. The van der Waals surface area contributed by atoms with Gasteiger partial charge in [-0.3, -0.25) is 24.6 Å². The summed E-state index contributed by atoms with van der Waals surface area (Å²) in [6.45, 7) is 6.01. The van der Waals surface area contributed by atoms with Crippen LogP contribution in [0.5, 0.6) is 0 Å². The van der Waals surface area contributed by atoms with Crippen LogP contribution in [0.15, 0.2) is 85.2 Å². The molecule has 2 N–H and O–H groups in total. The van der Waals surface area contributed by atoms with Gasteiger partial charge in [0.2, 0.25) is 11.8 Å². The van der Waals surface area contributed by atoms with Crippen LogP contribution < -0.4 is 0 Å². The maximum absolute atomic E-state index is 13.5. The number of nitrogens with zero attached hydrogens (tertiary/aromatic N) is 5. The molecule has 354 valence electrons. The van der Waals surface area contributed by atoms with Gasteiger partial charge in [-0.05, 0) is 147 Å². The number of nitrogens with one attached hydrogen (secondary N) is 2. The molecular formula is C54H57Cl4N7O3. The fourth-order valence-corrected chi connectivity index (χ4v) is 12.2. The van der Waals surface area contributed by atoms with E-state index in [4.69, 9.17) is 46.4 Å². The van der Waals surface area contributed by atoms with Crippen LogP contribution >= 0.6 is 46.4 Å². The Kier molecular flexibility index (Phi) is 13.9. The highest BCUT2D eigenvalue weighted by Gasteiger charge is 2.50. The Morgan fingerprint density at radius 2 is 1.01 bits per heavy atom. The van der Waals surface area contributed by atoms with Gasteiger partial charge in [-0.15, -0.1) is 0 Å². The number of rotatable bonds is 7. The number of carbonyl (C=O) groups is 3. The molecule has 2 atom stereocenters. The number of fused-ring (bicyclic) bond motifs is 2. The van der Waals surface area contributed by atoms with Gasteiger partial charge in [0.25, 0.3) is 5.91 Å². The molecule has 3 saturated heterocycles. The summed E-state index contributed by atoms with van der Waals surface area (Å²) in [7, 11) is 0. The van der Waals surface area contributed by atoms with E-state index in [1.165, 1.54) is 23.2 Å². The Morgan fingerprint density at radius 3 is 1.46 bits per heavy atom. The second kappa shape index (κ2) is 19.7. The average molecular weight is 994 g/mol. The van der Waals surface area contributed by atoms with Crippen LogP contribution in [0.4, 0.5) is 0 Å². The van der Waals surface area contributed by atoms with Crippen molar-refractivity contribution < 1.29 is 14.4 Å². The molecule has 0 radical (unpaired) electrons. The summed E-state index contributed by atoms with van der Waals surface area (Å²) in [6.07, 6.45) is 13.7. The first-order valence-corrected chi connectivity index (χ1v) is 24.9. The van der Waals surface area contributed by atoms with Crippen LogP contribution in [0.2, 0.25) is 20.1 Å². The lowest BCUT2D eigenvalue weighted by molar-refractivity contribution is -0.137. The first kappa shape index (κ1) is 47.9. The number of aromatic nitrogens is 4. The minimum absolute atomic E-state index is 0. The maximum Gasteiger partial charge on any atom is 0.253 e. The van der Waals surface area contributed by atoms with Gasteiger partial charge in [0, 0.05) is 87.4 Å². The molecule has 3 amide bonds. The fraction of sp³-hybridized carbons (Fsp3) is 0.389. The highest BCUT2D eigenvalue weighted by Crippen LogP contribution is 2.46. The van der Waals surface area contributed by atoms with Crippen molar-refractivity contribution in [3.63, 3.8) is 0 Å². The average Bonchev–Trinajstić information content (AvgIpc) is 4.14. The van der Waals surface area contributed by atoms with Gasteiger partial charge >= 0.3 is 0 Å². The lowest BCUT2D eigenvalue weighted by atomic mass is 9.72. The number of amides is 3. The summed E-state index contributed by atoms with van der Waals surface area (Å²) < 4.78 is 0. The predicted octanol–water partition coefficient (Wildman–Crippen LogP) is 12.2. The van der Waals surface area contributed by atoms with E-state index in [1.807, 2.05) is 75.6 Å². The molecule has 11 rings (SSSR count). The Labute approximate surface area is 418 Å². The largest absolute Gasteiger partial charge is 0.339 e. The summed E-state index contributed by atoms with van der Waals surface area (Å²) in [5, 5.41) is 16.7. The molecule has 4 aromatic carbocycles. The quantitative estimate of drug-likeness (QED) is 0.165. The van der Waals surface area contributed by atoms with Crippen molar-refractivity contribution in [1.29, 1.82) is 0 Å². The van der Waals surface area contributed by atoms with Crippen molar-refractivity contribution in [2.24, 2.45) is 10.8 Å². The Hall–Kier alpha value is -5.13. The molecule has 5 heterocycles. The van der Waals surface area contributed by atoms with E-state index >= 15 is 0 Å². The molecule has 14 heteroatoms. The van der Waals surface area contributed by atoms with Gasteiger partial charge in [-0.2, -0.15) is 10.2 Å². The molecular weight excluding hydrogens is 936 g/mol. The third kappa shape index (κ3) is 9.34. The Balaban J connectivity index is 0.000000171. The van der Waals surface area contributed by atoms with E-state index in [0.717, 1.165) is 128 Å². The highest BCUT2D eigenvalue weighted by molar-refractivity contribution is 6.37. The van der Waals surface area contributed by atoms with Crippen LogP contribution in [0, 0.1) is 17.8 Å². The Morgan fingerprint density at radius 1 is 0.588 bits per heavy atom. The smallest absolute Gasteiger partial charge is 0.253 e. The van der Waals surface area contributed by atoms with E-state index < -0.39 is 0 Å². The topological polar surface area (TPSA) is 118 Å². The molecule has 68 heavy (non-hydrogen) atoms. The second-order valence-electron chi connectivity index (χ2n) is 19.2. The number of carbonyl (C=O) groups excluding carboxylic acids is 3. The number of piperidine rings is 1. The highest BCUT2D eigenvalue weighted by atomic mass is 35.5. The van der Waals surface area contributed by atoms with Crippen molar-refractivity contribution in [1.82, 2.24) is 35.1 Å². The van der Waals surface area contributed by atoms with Gasteiger partial charge < -0.3 is 14.7 Å². The summed E-state index contributed by atoms with van der Waals surface area (Å²) in [6, 6.07) is 23.6. The second-order valence-corrected chi connectivity index (χ2v) is 20.9. The van der Waals surface area contributed by atoms with Crippen molar-refractivity contribution in [3.8, 4) is 22.3 Å². The summed E-state index contributed by atoms with van der Waals surface area (Å²) in [5.41, 5.74) is 11.4. The van der Waals surface area contributed by atoms with Crippen molar-refractivity contribution >= 4 is 64.1 Å². The van der Waals surface area contributed by atoms with E-state index in [0.29, 0.717) is 45.3 Å². The van der Waals surface area contributed by atoms with Crippen molar-refractivity contribution in [2.45, 2.75) is 98.1 Å². The number of benzene rings is 4. The molecule has 0 bridgehead atoms. The first-order valence-electron chi connectivity index (χ1n) is 23.4. The van der Waals surface area contributed by atoms with E-state index in [2.05, 4.69) is 51.6 Å². The predicted molar refractivity (Wildman–Crippen MR) is 271 cm³/mol. The lowest BCUT2D eigenvalue weighted by Crippen LogP contribution is -2.38. The summed E-state index contributed by atoms with van der Waals surface area (Å²) in [4.78, 5) is 45.4. The number of H-pyrrole nitrogens is 2. The molecule has 6 aromatic rings. The van der Waals surface area contributed by atoms with Crippen LogP contribution in [-0.4, -0.2) is 79.0 Å². The lowest BCUT2D eigenvalue weighted by Gasteiger charge is -2.31. The van der Waals surface area contributed by atoms with E-state index in [1.54, 1.807) is 0 Å². The molecule has 3 aliphatic heterocycles. The van der Waals surface area contributed by atoms with Gasteiger partial charge in [-0.25, -0.2) is 0 Å². The van der Waals surface area contributed by atoms with E-state index in [-0.39, 0.29) is 36.0 Å². The normalized spacial score (nSPS) is 20.9. The number of aromatic amines is 2. The minimum Gasteiger partial charge on any atom is -0.339 e. The molecule has 0 saturated carbocycles. The van der Waals surface area contributed by atoms with Gasteiger partial charge in [-0.1, -0.05) is 95.8 Å². The number of hydrogen-bond donors (Lipinski definition) is 2. The molecule has 2 aromatic heterocycles. The van der Waals surface area contributed by atoms with Crippen LogP contribution in [-0.2, 0) is 48.4 Å². The zero-order chi connectivity index (χ0) is 46.5. The molecule has 2 aliphatic carbocycles. The summed E-state index contributed by atoms with van der Waals surface area (Å²) >= 11 is 26.7. The molecule has 5 aliphatic rings. The van der Waals surface area contributed by atoms with E-state index in [9.17, 15) is 14.4 Å². The van der Waals surface area contributed by atoms with Gasteiger partial charge in [0.1, 0.15) is 0 Å². The third-order valence-corrected chi connectivity index (χ3v) is 16.4. The minimum atomic E-state index is -0.344. The SMILES string of the molecule is C.Cc1ccc(-c2cc(Cl)c(CN3CCC4(CCc5[nH]ncc5C4)C3=O)c(Cl)c2)cc1.O=C(c1ccc(-c2cc(Cl)c(CN3CCC4(CCc5[nH]ncc5C4)C3=O)c(Cl)c2)cc1)N1CCCCC1. The van der Waals surface area contributed by atoms with Crippen molar-refractivity contribution in [3.05, 3.63) is 150 Å². The third-order valence-electron chi connectivity index (χ3n) is 15.1. The monoisotopic (exact) mass is 991 g/mol. The summed E-state index contributed by atoms with van der Waals surface area (Å²) in [5.74, 6) is 0.487. The fourth-order valence-electron chi connectivity index (χ4n) is 11.0. The molecule has 3 fully saturated rings. The van der Waals surface area contributed by atoms with Crippen LogP contribution in [0.1, 0.15) is 102 Å². The molecule has 2 unspecified atom stereocenters. The number of likely N-dealkylation sites (tertiary alicyclic amines) is 3. The van der Waals surface area contributed by atoms with Gasteiger partial charge in [0.05, 0.1) is 23.2 Å². The maximum atomic E-state index is 13.5. The molecule has 10 nitrogen and oxygen atoms in total. The van der Waals surface area contributed by atoms with Gasteiger partial charge in [0.15, 0.2) is 0 Å². The molecule has 2 spiro atoms. The first-order chi connectivity index (χ1) is 32.4. The number of halogens is 4. The van der Waals surface area contributed by atoms with Crippen LogP contribution in [0.3, 0.4) is 0 Å². The number of aryl methyl sites for hydroxylation is 3. The van der Waals surface area contributed by atoms with Crippen LogP contribution in [0.25, 0.3) is 22.3 Å². The van der Waals surface area contributed by atoms with Crippen molar-refractivity contribution in [2.75, 3.05) is 26.2 Å². The number of hydrogen-bond acceptors (Lipinski definition) is 5. The zero-order valence-electron chi connectivity index (χ0n) is 37.6. The zero-order valence-corrected chi connectivity index (χ0v) is 40.6.